The van der Waals surface area contributed by atoms with Gasteiger partial charge in [-0.05, 0) is 29.7 Å². The lowest BCUT2D eigenvalue weighted by Crippen LogP contribution is -2.38. The van der Waals surface area contributed by atoms with E-state index in [0.717, 1.165) is 15.6 Å². The molecule has 0 amide bonds. The number of nitrogens with one attached hydrogen (secondary N) is 1. The SMILES string of the molecule is N#CC1=C(N)n2c(=O)c3ccccc3c(=O)n2C1c1cc2ccccc2[nH]1. The van der Waals surface area contributed by atoms with Crippen LogP contribution in [0, 0.1) is 11.3 Å². The average Bonchev–Trinajstić information content (AvgIpc) is 3.24. The Morgan fingerprint density at radius 2 is 1.67 bits per heavy atom. The molecule has 7 heteroatoms. The van der Waals surface area contributed by atoms with Gasteiger partial charge >= 0.3 is 0 Å². The maximum atomic E-state index is 13.2. The van der Waals surface area contributed by atoms with Gasteiger partial charge in [0.15, 0.2) is 0 Å². The van der Waals surface area contributed by atoms with E-state index in [4.69, 9.17) is 5.73 Å². The zero-order chi connectivity index (χ0) is 18.7. The molecule has 1 atom stereocenters. The van der Waals surface area contributed by atoms with Crippen molar-refractivity contribution in [2.75, 3.05) is 0 Å². The quantitative estimate of drug-likeness (QED) is 0.543. The summed E-state index contributed by atoms with van der Waals surface area (Å²) >= 11 is 0. The molecule has 0 bridgehead atoms. The Labute approximate surface area is 152 Å². The van der Waals surface area contributed by atoms with Crippen LogP contribution in [-0.4, -0.2) is 14.3 Å². The van der Waals surface area contributed by atoms with Crippen LogP contribution in [0.5, 0.6) is 0 Å². The first kappa shape index (κ1) is 15.2. The highest BCUT2D eigenvalue weighted by Gasteiger charge is 2.35. The number of rotatable bonds is 1. The van der Waals surface area contributed by atoms with Crippen molar-refractivity contribution in [2.24, 2.45) is 5.73 Å². The van der Waals surface area contributed by atoms with Crippen LogP contribution in [0.4, 0.5) is 0 Å². The fraction of sp³-hybridized carbons (Fsp3) is 0.0500. The number of hydrogen-bond donors (Lipinski definition) is 2. The Balaban J connectivity index is 1.91. The number of H-pyrrole nitrogens is 1. The van der Waals surface area contributed by atoms with Gasteiger partial charge in [0.1, 0.15) is 23.5 Å². The number of aromatic amines is 1. The molecular formula is C20H13N5O2. The van der Waals surface area contributed by atoms with Crippen LogP contribution < -0.4 is 16.9 Å². The van der Waals surface area contributed by atoms with Crippen LogP contribution in [0.2, 0.25) is 0 Å². The summed E-state index contributed by atoms with van der Waals surface area (Å²) in [6.45, 7) is 0. The fourth-order valence-electron chi connectivity index (χ4n) is 3.77. The fourth-order valence-corrected chi connectivity index (χ4v) is 3.77. The molecule has 27 heavy (non-hydrogen) atoms. The van der Waals surface area contributed by atoms with Crippen molar-refractivity contribution < 1.29 is 0 Å². The number of hydrogen-bond acceptors (Lipinski definition) is 4. The summed E-state index contributed by atoms with van der Waals surface area (Å²) in [5.41, 5.74) is 7.00. The topological polar surface area (TPSA) is 110 Å². The molecule has 4 aromatic rings. The number of benzene rings is 2. The standard InChI is InChI=1S/C20H13N5O2/c21-10-14-17(16-9-11-5-1-4-8-15(11)23-16)24-19(26)12-6-2-3-7-13(12)20(27)25(24)18(14)22/h1-9,17,23H,22H2. The molecule has 0 saturated carbocycles. The molecule has 0 aliphatic carbocycles. The third kappa shape index (κ3) is 1.89. The highest BCUT2D eigenvalue weighted by Crippen LogP contribution is 2.33. The molecule has 3 heterocycles. The van der Waals surface area contributed by atoms with E-state index in [2.05, 4.69) is 11.1 Å². The minimum absolute atomic E-state index is 0.0194. The molecule has 5 rings (SSSR count). The molecule has 0 fully saturated rings. The maximum absolute atomic E-state index is 13.2. The Morgan fingerprint density at radius 3 is 2.37 bits per heavy atom. The lowest BCUT2D eigenvalue weighted by molar-refractivity contribution is 0.532. The highest BCUT2D eigenvalue weighted by atomic mass is 16.2. The van der Waals surface area contributed by atoms with Crippen LogP contribution >= 0.6 is 0 Å². The monoisotopic (exact) mass is 355 g/mol. The number of allylic oxidation sites excluding steroid dienone is 1. The molecule has 3 N–H and O–H groups in total. The summed E-state index contributed by atoms with van der Waals surface area (Å²) in [5, 5.41) is 11.2. The molecule has 1 aliphatic heterocycles. The minimum Gasteiger partial charge on any atom is -0.383 e. The van der Waals surface area contributed by atoms with Crippen molar-refractivity contribution in [1.82, 2.24) is 14.3 Å². The third-order valence-electron chi connectivity index (χ3n) is 4.99. The van der Waals surface area contributed by atoms with E-state index in [0.29, 0.717) is 11.1 Å². The zero-order valence-electron chi connectivity index (χ0n) is 14.0. The largest absolute Gasteiger partial charge is 0.383 e. The molecule has 0 saturated heterocycles. The summed E-state index contributed by atoms with van der Waals surface area (Å²) in [6, 6.07) is 17.4. The first-order valence-corrected chi connectivity index (χ1v) is 8.36. The van der Waals surface area contributed by atoms with Crippen molar-refractivity contribution in [3.05, 3.63) is 86.6 Å². The lowest BCUT2D eigenvalue weighted by Gasteiger charge is -2.15. The van der Waals surface area contributed by atoms with Crippen molar-refractivity contribution >= 4 is 27.5 Å². The summed E-state index contributed by atoms with van der Waals surface area (Å²) in [6.07, 6.45) is 0. The molecule has 7 nitrogen and oxygen atoms in total. The van der Waals surface area contributed by atoms with Crippen LogP contribution in [-0.2, 0) is 0 Å². The summed E-state index contributed by atoms with van der Waals surface area (Å²) in [7, 11) is 0. The smallest absolute Gasteiger partial charge is 0.279 e. The second-order valence-electron chi connectivity index (χ2n) is 6.44. The van der Waals surface area contributed by atoms with E-state index in [9.17, 15) is 14.9 Å². The molecule has 130 valence electrons. The third-order valence-corrected chi connectivity index (χ3v) is 4.99. The first-order valence-electron chi connectivity index (χ1n) is 8.36. The van der Waals surface area contributed by atoms with Crippen molar-refractivity contribution in [3.8, 4) is 6.07 Å². The van der Waals surface area contributed by atoms with Crippen molar-refractivity contribution in [3.63, 3.8) is 0 Å². The number of nitrogens with zero attached hydrogens (tertiary/aromatic N) is 3. The van der Waals surface area contributed by atoms with Crippen LogP contribution in [0.1, 0.15) is 11.7 Å². The predicted molar refractivity (Wildman–Crippen MR) is 102 cm³/mol. The Kier molecular flexibility index (Phi) is 2.94. The second-order valence-corrected chi connectivity index (χ2v) is 6.44. The Morgan fingerprint density at radius 1 is 1.00 bits per heavy atom. The zero-order valence-corrected chi connectivity index (χ0v) is 14.0. The van der Waals surface area contributed by atoms with E-state index < -0.39 is 11.6 Å². The van der Waals surface area contributed by atoms with E-state index >= 15 is 0 Å². The van der Waals surface area contributed by atoms with Gasteiger partial charge < -0.3 is 10.7 Å². The predicted octanol–water partition coefficient (Wildman–Crippen LogP) is 1.90. The van der Waals surface area contributed by atoms with Gasteiger partial charge in [0.05, 0.1) is 10.8 Å². The van der Waals surface area contributed by atoms with Gasteiger partial charge in [-0.3, -0.25) is 9.59 Å². The highest BCUT2D eigenvalue weighted by molar-refractivity contribution is 5.83. The van der Waals surface area contributed by atoms with Gasteiger partial charge in [-0.2, -0.15) is 9.94 Å². The van der Waals surface area contributed by atoms with Gasteiger partial charge in [0.2, 0.25) is 0 Å². The molecule has 0 spiro atoms. The molecule has 2 aromatic heterocycles. The Hall–Kier alpha value is -4.05. The van der Waals surface area contributed by atoms with Gasteiger partial charge in [-0.1, -0.05) is 30.3 Å². The Bertz CT molecular complexity index is 1410. The number of para-hydroxylation sites is 1. The summed E-state index contributed by atoms with van der Waals surface area (Å²) in [4.78, 5) is 29.4. The first-order chi connectivity index (χ1) is 13.1. The van der Waals surface area contributed by atoms with Gasteiger partial charge in [-0.15, -0.1) is 0 Å². The molecular weight excluding hydrogens is 342 g/mol. The lowest BCUT2D eigenvalue weighted by atomic mass is 10.1. The number of fused-ring (bicyclic) bond motifs is 3. The van der Waals surface area contributed by atoms with E-state index in [1.165, 1.54) is 4.68 Å². The molecule has 2 aromatic carbocycles. The van der Waals surface area contributed by atoms with E-state index in [1.54, 1.807) is 24.3 Å². The van der Waals surface area contributed by atoms with Gasteiger partial charge in [0.25, 0.3) is 11.1 Å². The van der Waals surface area contributed by atoms with Gasteiger partial charge in [-0.25, -0.2) is 4.68 Å². The van der Waals surface area contributed by atoms with E-state index in [-0.39, 0.29) is 22.3 Å². The number of nitrogens with two attached hydrogens (primary N) is 1. The molecule has 1 aliphatic rings. The van der Waals surface area contributed by atoms with Crippen LogP contribution in [0.3, 0.4) is 0 Å². The maximum Gasteiger partial charge on any atom is 0.279 e. The number of aromatic nitrogens is 3. The normalized spacial score (nSPS) is 16.0. The van der Waals surface area contributed by atoms with Crippen molar-refractivity contribution in [2.45, 2.75) is 6.04 Å². The summed E-state index contributed by atoms with van der Waals surface area (Å²) < 4.78 is 2.38. The van der Waals surface area contributed by atoms with Crippen LogP contribution in [0.25, 0.3) is 27.5 Å². The van der Waals surface area contributed by atoms with Crippen LogP contribution in [0.15, 0.2) is 69.8 Å². The number of nitriles is 1. The van der Waals surface area contributed by atoms with Gasteiger partial charge in [0, 0.05) is 11.2 Å². The minimum atomic E-state index is -0.785. The molecule has 1 unspecified atom stereocenters. The second kappa shape index (κ2) is 5.22. The average molecular weight is 355 g/mol. The van der Waals surface area contributed by atoms with E-state index in [1.807, 2.05) is 30.3 Å². The van der Waals surface area contributed by atoms with Crippen molar-refractivity contribution in [1.29, 1.82) is 5.26 Å². The summed E-state index contributed by atoms with van der Waals surface area (Å²) in [5.74, 6) is -0.0194. The molecule has 0 radical (unpaired) electrons.